The van der Waals surface area contributed by atoms with Crippen LogP contribution in [0.3, 0.4) is 0 Å². The summed E-state index contributed by atoms with van der Waals surface area (Å²) in [6.07, 6.45) is 2.36. The first kappa shape index (κ1) is 15.9. The average molecular weight is 312 g/mol. The van der Waals surface area contributed by atoms with Gasteiger partial charge < -0.3 is 5.11 Å². The van der Waals surface area contributed by atoms with Crippen molar-refractivity contribution in [3.8, 4) is 0 Å². The number of benzene rings is 1. The molecule has 21 heavy (non-hydrogen) atoms. The minimum Gasteiger partial charge on any atom is -0.478 e. The predicted molar refractivity (Wildman–Crippen MR) is 78.9 cm³/mol. The minimum atomic E-state index is -3.67. The monoisotopic (exact) mass is 312 g/mol. The molecule has 1 aromatic rings. The summed E-state index contributed by atoms with van der Waals surface area (Å²) in [5.74, 6) is -1.14. The number of hydrogen-bond donors (Lipinski definition) is 2. The summed E-state index contributed by atoms with van der Waals surface area (Å²) in [4.78, 5) is 13.1. The van der Waals surface area contributed by atoms with Crippen LogP contribution in [0.25, 0.3) is 0 Å². The second-order valence-electron chi connectivity index (χ2n) is 5.09. The first-order valence-electron chi connectivity index (χ1n) is 7.01. The largest absolute Gasteiger partial charge is 0.478 e. The Morgan fingerprint density at radius 3 is 2.71 bits per heavy atom. The van der Waals surface area contributed by atoms with Gasteiger partial charge in [-0.1, -0.05) is 13.0 Å². The van der Waals surface area contributed by atoms with E-state index in [4.69, 9.17) is 5.11 Å². The van der Waals surface area contributed by atoms with Gasteiger partial charge in [-0.2, -0.15) is 0 Å². The van der Waals surface area contributed by atoms with Gasteiger partial charge in [-0.15, -0.1) is 0 Å². The number of likely N-dealkylation sites (N-methyl/N-ethyl adjacent to an activating group) is 1. The number of carboxylic acid groups (broad SMARTS) is 1. The van der Waals surface area contributed by atoms with Gasteiger partial charge in [0, 0.05) is 19.1 Å². The van der Waals surface area contributed by atoms with Gasteiger partial charge in [0.05, 0.1) is 10.5 Å². The molecule has 0 saturated heterocycles. The van der Waals surface area contributed by atoms with Gasteiger partial charge in [0.15, 0.2) is 0 Å². The van der Waals surface area contributed by atoms with Crippen molar-refractivity contribution in [2.45, 2.75) is 30.7 Å². The van der Waals surface area contributed by atoms with Gasteiger partial charge in [0.1, 0.15) is 0 Å². The molecule has 0 aromatic heterocycles. The van der Waals surface area contributed by atoms with Crippen LogP contribution in [0.4, 0.5) is 0 Å². The van der Waals surface area contributed by atoms with Crippen LogP contribution in [0.1, 0.15) is 30.1 Å². The maximum Gasteiger partial charge on any atom is 0.335 e. The Hall–Kier alpha value is -1.44. The Bertz CT molecular complexity index is 611. The minimum absolute atomic E-state index is 0.0168. The Kier molecular flexibility index (Phi) is 4.97. The van der Waals surface area contributed by atoms with E-state index in [-0.39, 0.29) is 10.5 Å². The summed E-state index contributed by atoms with van der Waals surface area (Å²) in [6.45, 7) is 3.95. The summed E-state index contributed by atoms with van der Waals surface area (Å²) >= 11 is 0. The quantitative estimate of drug-likeness (QED) is 0.752. The topological polar surface area (TPSA) is 86.7 Å². The van der Waals surface area contributed by atoms with Crippen LogP contribution >= 0.6 is 0 Å². The number of sulfonamides is 1. The number of aromatic carboxylic acids is 1. The number of nitrogens with one attached hydrogen (secondary N) is 1. The third kappa shape index (κ3) is 4.26. The maximum absolute atomic E-state index is 12.1. The normalized spacial score (nSPS) is 15.3. The van der Waals surface area contributed by atoms with Crippen molar-refractivity contribution in [2.24, 2.45) is 0 Å². The van der Waals surface area contributed by atoms with Crippen molar-refractivity contribution in [2.75, 3.05) is 19.6 Å². The highest BCUT2D eigenvalue weighted by Crippen LogP contribution is 2.25. The molecule has 7 heteroatoms. The summed E-state index contributed by atoms with van der Waals surface area (Å²) in [5, 5.41) is 8.90. The lowest BCUT2D eigenvalue weighted by Gasteiger charge is -2.19. The van der Waals surface area contributed by atoms with Crippen molar-refractivity contribution in [1.82, 2.24) is 9.62 Å². The molecule has 6 nitrogen and oxygen atoms in total. The fraction of sp³-hybridized carbons (Fsp3) is 0.500. The van der Waals surface area contributed by atoms with Crippen LogP contribution in [0.5, 0.6) is 0 Å². The molecule has 116 valence electrons. The number of carbonyl (C=O) groups is 1. The van der Waals surface area contributed by atoms with Gasteiger partial charge >= 0.3 is 5.97 Å². The van der Waals surface area contributed by atoms with Crippen LogP contribution in [-0.4, -0.2) is 50.1 Å². The maximum atomic E-state index is 12.1. The fourth-order valence-corrected chi connectivity index (χ4v) is 3.31. The van der Waals surface area contributed by atoms with E-state index in [1.54, 1.807) is 0 Å². The van der Waals surface area contributed by atoms with E-state index in [0.717, 1.165) is 6.54 Å². The second kappa shape index (κ2) is 6.55. The van der Waals surface area contributed by atoms with E-state index in [0.29, 0.717) is 19.1 Å². The molecule has 0 amide bonds. The van der Waals surface area contributed by atoms with E-state index in [1.165, 1.54) is 37.1 Å². The lowest BCUT2D eigenvalue weighted by atomic mass is 10.2. The predicted octanol–water partition coefficient (Wildman–Crippen LogP) is 1.15. The Balaban J connectivity index is 1.97. The highest BCUT2D eigenvalue weighted by Gasteiger charge is 2.27. The molecule has 1 aliphatic rings. The molecule has 2 rings (SSSR count). The Morgan fingerprint density at radius 2 is 2.14 bits per heavy atom. The molecule has 0 heterocycles. The number of rotatable bonds is 8. The van der Waals surface area contributed by atoms with E-state index < -0.39 is 16.0 Å². The standard InChI is InChI=1S/C14H20N2O4S/c1-2-16(12-6-7-12)9-8-15-21(19,20)13-5-3-4-11(10-13)14(17)18/h3-5,10,12,15H,2,6-9H2,1H3,(H,17,18). The smallest absolute Gasteiger partial charge is 0.335 e. The summed E-state index contributed by atoms with van der Waals surface area (Å²) in [5.41, 5.74) is -0.0361. The van der Waals surface area contributed by atoms with Crippen molar-refractivity contribution < 1.29 is 18.3 Å². The van der Waals surface area contributed by atoms with Gasteiger partial charge in [-0.3, -0.25) is 4.90 Å². The second-order valence-corrected chi connectivity index (χ2v) is 6.86. The number of hydrogen-bond acceptors (Lipinski definition) is 4. The lowest BCUT2D eigenvalue weighted by molar-refractivity contribution is 0.0696. The molecule has 1 fully saturated rings. The van der Waals surface area contributed by atoms with Crippen molar-refractivity contribution >= 4 is 16.0 Å². The molecule has 1 aliphatic carbocycles. The lowest BCUT2D eigenvalue weighted by Crippen LogP contribution is -2.36. The van der Waals surface area contributed by atoms with Crippen LogP contribution in [0.15, 0.2) is 29.2 Å². The summed E-state index contributed by atoms with van der Waals surface area (Å²) in [6, 6.07) is 5.96. The Labute approximate surface area is 124 Å². The highest BCUT2D eigenvalue weighted by molar-refractivity contribution is 7.89. The van der Waals surface area contributed by atoms with Crippen LogP contribution in [0.2, 0.25) is 0 Å². The molecular formula is C14H20N2O4S. The zero-order valence-corrected chi connectivity index (χ0v) is 12.8. The van der Waals surface area contributed by atoms with E-state index in [2.05, 4.69) is 16.5 Å². The van der Waals surface area contributed by atoms with E-state index in [1.807, 2.05) is 0 Å². The molecular weight excluding hydrogens is 292 g/mol. The van der Waals surface area contributed by atoms with E-state index >= 15 is 0 Å². The van der Waals surface area contributed by atoms with Crippen molar-refractivity contribution in [1.29, 1.82) is 0 Å². The average Bonchev–Trinajstić information content (AvgIpc) is 3.28. The van der Waals surface area contributed by atoms with Gasteiger partial charge in [0.2, 0.25) is 10.0 Å². The number of nitrogens with zero attached hydrogens (tertiary/aromatic N) is 1. The van der Waals surface area contributed by atoms with Crippen LogP contribution in [0, 0.1) is 0 Å². The van der Waals surface area contributed by atoms with Gasteiger partial charge in [-0.05, 0) is 37.6 Å². The third-order valence-corrected chi connectivity index (χ3v) is 5.01. The molecule has 0 aliphatic heterocycles. The molecule has 1 saturated carbocycles. The van der Waals surface area contributed by atoms with Crippen molar-refractivity contribution in [3.63, 3.8) is 0 Å². The van der Waals surface area contributed by atoms with Crippen LogP contribution in [-0.2, 0) is 10.0 Å². The first-order chi connectivity index (χ1) is 9.94. The third-order valence-electron chi connectivity index (χ3n) is 3.55. The highest BCUT2D eigenvalue weighted by atomic mass is 32.2. The Morgan fingerprint density at radius 1 is 1.43 bits per heavy atom. The zero-order chi connectivity index (χ0) is 15.5. The molecule has 1 aromatic carbocycles. The SMILES string of the molecule is CCN(CCNS(=O)(=O)c1cccc(C(=O)O)c1)C1CC1. The van der Waals surface area contributed by atoms with Crippen LogP contribution < -0.4 is 4.72 Å². The molecule has 2 N–H and O–H groups in total. The first-order valence-corrected chi connectivity index (χ1v) is 8.49. The zero-order valence-electron chi connectivity index (χ0n) is 11.9. The fourth-order valence-electron chi connectivity index (χ4n) is 2.24. The number of carboxylic acids is 1. The molecule has 0 spiro atoms. The molecule has 0 unspecified atom stereocenters. The van der Waals surface area contributed by atoms with E-state index in [9.17, 15) is 13.2 Å². The molecule has 0 atom stereocenters. The van der Waals surface area contributed by atoms with Crippen molar-refractivity contribution in [3.05, 3.63) is 29.8 Å². The van der Waals surface area contributed by atoms with Gasteiger partial charge in [-0.25, -0.2) is 17.9 Å². The molecule has 0 bridgehead atoms. The summed E-state index contributed by atoms with van der Waals surface area (Å²) < 4.78 is 26.8. The molecule has 0 radical (unpaired) electrons. The summed E-state index contributed by atoms with van der Waals surface area (Å²) in [7, 11) is -3.67. The van der Waals surface area contributed by atoms with Gasteiger partial charge in [0.25, 0.3) is 0 Å².